The van der Waals surface area contributed by atoms with E-state index in [4.69, 9.17) is 4.42 Å². The average molecular weight is 343 g/mol. The molecule has 3 aromatic rings. The van der Waals surface area contributed by atoms with Crippen molar-refractivity contribution in [2.45, 2.75) is 6.04 Å². The van der Waals surface area contributed by atoms with Gasteiger partial charge in [0.15, 0.2) is 0 Å². The third-order valence-electron chi connectivity index (χ3n) is 5.35. The van der Waals surface area contributed by atoms with Gasteiger partial charge in [0.25, 0.3) is 0 Å². The Hall–Kier alpha value is -2.85. The molecule has 4 heteroatoms. The lowest BCUT2D eigenvalue weighted by atomic mass is 10.0. The molecule has 2 aliphatic rings. The van der Waals surface area contributed by atoms with Crippen LogP contribution in [0.2, 0.25) is 0 Å². The van der Waals surface area contributed by atoms with Gasteiger partial charge in [-0.15, -0.1) is 0 Å². The van der Waals surface area contributed by atoms with Crippen LogP contribution in [-0.4, -0.2) is 42.3 Å². The highest BCUT2D eigenvalue weighted by atomic mass is 16.3. The predicted molar refractivity (Wildman–Crippen MR) is 103 cm³/mol. The maximum atomic E-state index is 5.32. The van der Waals surface area contributed by atoms with Crippen molar-refractivity contribution in [1.82, 2.24) is 9.91 Å². The Balaban J connectivity index is 1.35. The minimum atomic E-state index is 0.360. The number of hydrazone groups is 1. The van der Waals surface area contributed by atoms with E-state index in [9.17, 15) is 0 Å². The summed E-state index contributed by atoms with van der Waals surface area (Å²) >= 11 is 0. The van der Waals surface area contributed by atoms with E-state index in [-0.39, 0.29) is 0 Å². The van der Waals surface area contributed by atoms with Gasteiger partial charge in [-0.1, -0.05) is 48.5 Å². The highest BCUT2D eigenvalue weighted by Crippen LogP contribution is 2.46. The molecule has 26 heavy (non-hydrogen) atoms. The molecule has 2 aromatic carbocycles. The number of fused-ring (bicyclic) bond motifs is 3. The van der Waals surface area contributed by atoms with Gasteiger partial charge in [0, 0.05) is 26.2 Å². The number of benzene rings is 2. The molecule has 1 fully saturated rings. The van der Waals surface area contributed by atoms with Crippen LogP contribution in [0.25, 0.3) is 11.1 Å². The standard InChI is InChI=1S/C22H21N3O/c1-3-9-20-18(7-1)19-8-2-4-10-21(19)22(20)24-11-13-25(14-12-24)23-16-17-6-5-15-26-17/h1-10,15-16,22H,11-14H2/b23-16-. The summed E-state index contributed by atoms with van der Waals surface area (Å²) < 4.78 is 5.32. The number of piperazine rings is 1. The first-order valence-electron chi connectivity index (χ1n) is 9.15. The monoisotopic (exact) mass is 343 g/mol. The number of hydrogen-bond acceptors (Lipinski definition) is 4. The Morgan fingerprint density at radius 1 is 0.808 bits per heavy atom. The van der Waals surface area contributed by atoms with E-state index in [0.29, 0.717) is 6.04 Å². The van der Waals surface area contributed by atoms with Gasteiger partial charge in [-0.3, -0.25) is 9.91 Å². The Labute approximate surface area is 153 Å². The van der Waals surface area contributed by atoms with E-state index >= 15 is 0 Å². The summed E-state index contributed by atoms with van der Waals surface area (Å²) in [5.41, 5.74) is 5.63. The fourth-order valence-electron chi connectivity index (χ4n) is 4.11. The van der Waals surface area contributed by atoms with Crippen LogP contribution in [0.1, 0.15) is 22.9 Å². The zero-order valence-corrected chi connectivity index (χ0v) is 14.6. The third-order valence-corrected chi connectivity index (χ3v) is 5.35. The van der Waals surface area contributed by atoms with Crippen molar-refractivity contribution in [2.24, 2.45) is 5.10 Å². The molecule has 0 saturated carbocycles. The fourth-order valence-corrected chi connectivity index (χ4v) is 4.11. The van der Waals surface area contributed by atoms with Crippen LogP contribution in [0.3, 0.4) is 0 Å². The first kappa shape index (κ1) is 15.4. The number of furan rings is 1. The van der Waals surface area contributed by atoms with Crippen LogP contribution >= 0.6 is 0 Å². The second-order valence-electron chi connectivity index (χ2n) is 6.83. The third kappa shape index (κ3) is 2.63. The summed E-state index contributed by atoms with van der Waals surface area (Å²) in [6.07, 6.45) is 3.48. The molecule has 5 rings (SSSR count). The van der Waals surface area contributed by atoms with E-state index in [1.807, 2.05) is 12.1 Å². The van der Waals surface area contributed by atoms with Crippen molar-refractivity contribution >= 4 is 6.21 Å². The molecule has 0 atom stereocenters. The Morgan fingerprint density at radius 2 is 1.46 bits per heavy atom. The quantitative estimate of drug-likeness (QED) is 0.674. The highest BCUT2D eigenvalue weighted by molar-refractivity contribution is 5.78. The predicted octanol–water partition coefficient (Wildman–Crippen LogP) is 4.00. The first-order valence-corrected chi connectivity index (χ1v) is 9.15. The van der Waals surface area contributed by atoms with E-state index in [1.54, 1.807) is 12.5 Å². The number of nitrogens with zero attached hydrogens (tertiary/aromatic N) is 3. The summed E-state index contributed by atoms with van der Waals surface area (Å²) in [6, 6.07) is 21.8. The van der Waals surface area contributed by atoms with E-state index < -0.39 is 0 Å². The van der Waals surface area contributed by atoms with Crippen molar-refractivity contribution in [2.75, 3.05) is 26.2 Å². The summed E-state index contributed by atoms with van der Waals surface area (Å²) in [4.78, 5) is 2.59. The van der Waals surface area contributed by atoms with Crippen LogP contribution in [-0.2, 0) is 0 Å². The molecule has 0 unspecified atom stereocenters. The zero-order chi connectivity index (χ0) is 17.3. The molecule has 0 bridgehead atoms. The van der Waals surface area contributed by atoms with Gasteiger partial charge < -0.3 is 4.42 Å². The lowest BCUT2D eigenvalue weighted by molar-refractivity contribution is 0.114. The van der Waals surface area contributed by atoms with Crippen LogP contribution in [0, 0.1) is 0 Å². The first-order chi connectivity index (χ1) is 12.9. The lowest BCUT2D eigenvalue weighted by Crippen LogP contribution is -2.45. The minimum absolute atomic E-state index is 0.360. The topological polar surface area (TPSA) is 32.0 Å². The van der Waals surface area contributed by atoms with Gasteiger partial charge in [-0.25, -0.2) is 0 Å². The summed E-state index contributed by atoms with van der Waals surface area (Å²) in [7, 11) is 0. The second kappa shape index (κ2) is 6.46. The lowest BCUT2D eigenvalue weighted by Gasteiger charge is -2.37. The molecule has 0 amide bonds. The normalized spacial score (nSPS) is 17.6. The van der Waals surface area contributed by atoms with Gasteiger partial charge in [0.2, 0.25) is 0 Å². The average Bonchev–Trinajstić information content (AvgIpc) is 3.33. The Bertz CT molecular complexity index is 879. The van der Waals surface area contributed by atoms with Gasteiger partial charge in [-0.2, -0.15) is 5.10 Å². The van der Waals surface area contributed by atoms with Crippen molar-refractivity contribution in [1.29, 1.82) is 0 Å². The molecule has 1 saturated heterocycles. The molecular formula is C22H21N3O. The Morgan fingerprint density at radius 3 is 2.08 bits per heavy atom. The summed E-state index contributed by atoms with van der Waals surface area (Å²) in [5.74, 6) is 0.797. The van der Waals surface area contributed by atoms with Gasteiger partial charge in [-0.05, 0) is 34.4 Å². The Kier molecular flexibility index (Phi) is 3.83. The van der Waals surface area contributed by atoms with Crippen LogP contribution < -0.4 is 0 Å². The highest BCUT2D eigenvalue weighted by Gasteiger charge is 2.33. The van der Waals surface area contributed by atoms with Gasteiger partial charge in [0.05, 0.1) is 18.5 Å². The van der Waals surface area contributed by atoms with Crippen LogP contribution in [0.15, 0.2) is 76.4 Å². The van der Waals surface area contributed by atoms with Crippen LogP contribution in [0.4, 0.5) is 0 Å². The van der Waals surface area contributed by atoms with Gasteiger partial charge >= 0.3 is 0 Å². The molecule has 4 nitrogen and oxygen atoms in total. The fraction of sp³-hybridized carbons (Fsp3) is 0.227. The number of rotatable bonds is 3. The molecule has 1 aromatic heterocycles. The molecule has 1 aliphatic heterocycles. The van der Waals surface area contributed by atoms with Crippen molar-refractivity contribution in [3.63, 3.8) is 0 Å². The molecule has 0 N–H and O–H groups in total. The van der Waals surface area contributed by atoms with Crippen molar-refractivity contribution < 1.29 is 4.42 Å². The maximum Gasteiger partial charge on any atom is 0.146 e. The largest absolute Gasteiger partial charge is 0.463 e. The summed E-state index contributed by atoms with van der Waals surface area (Å²) in [5, 5.41) is 6.69. The molecule has 1 aliphatic carbocycles. The molecule has 2 heterocycles. The maximum absolute atomic E-state index is 5.32. The van der Waals surface area contributed by atoms with Crippen molar-refractivity contribution in [3.05, 3.63) is 83.8 Å². The molecule has 130 valence electrons. The van der Waals surface area contributed by atoms with Crippen molar-refractivity contribution in [3.8, 4) is 11.1 Å². The van der Waals surface area contributed by atoms with Crippen LogP contribution in [0.5, 0.6) is 0 Å². The molecule has 0 radical (unpaired) electrons. The molecule has 0 spiro atoms. The van der Waals surface area contributed by atoms with Gasteiger partial charge in [0.1, 0.15) is 5.76 Å². The minimum Gasteiger partial charge on any atom is -0.463 e. The summed E-state index contributed by atoms with van der Waals surface area (Å²) in [6.45, 7) is 3.86. The van der Waals surface area contributed by atoms with E-state index in [0.717, 1.165) is 31.9 Å². The second-order valence-corrected chi connectivity index (χ2v) is 6.83. The smallest absolute Gasteiger partial charge is 0.146 e. The van der Waals surface area contributed by atoms with E-state index in [2.05, 4.69) is 63.5 Å². The SMILES string of the molecule is C(=N/N1CCN(C2c3ccccc3-c3ccccc32)CC1)/c1ccco1. The molecular weight excluding hydrogens is 322 g/mol. The zero-order valence-electron chi connectivity index (χ0n) is 14.6. The number of hydrogen-bond donors (Lipinski definition) is 0. The van der Waals surface area contributed by atoms with E-state index in [1.165, 1.54) is 22.3 Å².